The molecule has 0 fully saturated rings. The van der Waals surface area contributed by atoms with E-state index in [1.165, 1.54) is 0 Å². The molecule has 0 spiro atoms. The fourth-order valence-electron chi connectivity index (χ4n) is 4.21. The number of phenols is 2. The van der Waals surface area contributed by atoms with Crippen LogP contribution in [0.2, 0.25) is 0 Å². The van der Waals surface area contributed by atoms with Crippen molar-refractivity contribution in [3.05, 3.63) is 57.6 Å². The molecule has 0 saturated carbocycles. The highest BCUT2D eigenvalue weighted by Crippen LogP contribution is 2.35. The Balaban J connectivity index is 1.72. The topological polar surface area (TPSA) is 121 Å². The SMILES string of the molecule is Oc1ccc(/C=C/c2ccc(O)c3c2C[C@@H](O)[C@@H](O)C3)c2c1C[C@H](O)[C@H](O)C2. The highest BCUT2D eigenvalue weighted by Gasteiger charge is 2.29. The van der Waals surface area contributed by atoms with Gasteiger partial charge in [-0.3, -0.25) is 0 Å². The Labute approximate surface area is 162 Å². The van der Waals surface area contributed by atoms with E-state index >= 15 is 0 Å². The Kier molecular flexibility index (Phi) is 4.89. The average molecular weight is 384 g/mol. The van der Waals surface area contributed by atoms with E-state index in [0.717, 1.165) is 22.3 Å². The van der Waals surface area contributed by atoms with Crippen LogP contribution in [-0.4, -0.2) is 55.1 Å². The molecule has 2 aromatic carbocycles. The van der Waals surface area contributed by atoms with Crippen LogP contribution in [0, 0.1) is 0 Å². The number of rotatable bonds is 2. The second-order valence-electron chi connectivity index (χ2n) is 7.68. The van der Waals surface area contributed by atoms with E-state index in [-0.39, 0.29) is 37.2 Å². The molecule has 0 radical (unpaired) electrons. The number of benzene rings is 2. The number of aliphatic hydroxyl groups is 4. The fraction of sp³-hybridized carbons (Fsp3) is 0.364. The minimum Gasteiger partial charge on any atom is -0.508 e. The molecular formula is C22H24O6. The van der Waals surface area contributed by atoms with Gasteiger partial charge in [0.1, 0.15) is 11.5 Å². The van der Waals surface area contributed by atoms with E-state index in [4.69, 9.17) is 0 Å². The maximum absolute atomic E-state index is 10.1. The van der Waals surface area contributed by atoms with Crippen LogP contribution in [0.3, 0.4) is 0 Å². The second-order valence-corrected chi connectivity index (χ2v) is 7.68. The van der Waals surface area contributed by atoms with Crippen molar-refractivity contribution in [1.82, 2.24) is 0 Å². The standard InChI is InChI=1S/C22H24O6/c23-17-5-3-11(13-7-19(25)21(27)9-15(13)17)1-2-12-4-6-18(24)16-10-22(28)20(26)8-14(12)16/h1-6,19-28H,7-10H2/b2-1+/t19-,20-,21+,22+/m1/s1. The summed E-state index contributed by atoms with van der Waals surface area (Å²) < 4.78 is 0. The van der Waals surface area contributed by atoms with E-state index in [9.17, 15) is 30.6 Å². The normalized spacial score (nSPS) is 26.9. The highest BCUT2D eigenvalue weighted by molar-refractivity contribution is 5.75. The average Bonchev–Trinajstić information content (AvgIpc) is 2.66. The zero-order valence-electron chi connectivity index (χ0n) is 15.3. The van der Waals surface area contributed by atoms with Crippen molar-refractivity contribution in [2.45, 2.75) is 50.1 Å². The van der Waals surface area contributed by atoms with Gasteiger partial charge >= 0.3 is 0 Å². The molecular weight excluding hydrogens is 360 g/mol. The second kappa shape index (κ2) is 7.22. The predicted molar refractivity (Wildman–Crippen MR) is 104 cm³/mol. The molecule has 6 nitrogen and oxygen atoms in total. The van der Waals surface area contributed by atoms with Crippen LogP contribution in [0.15, 0.2) is 24.3 Å². The third-order valence-electron chi connectivity index (χ3n) is 5.87. The predicted octanol–water partition coefficient (Wildman–Crippen LogP) is 0.909. The fourth-order valence-corrected chi connectivity index (χ4v) is 4.21. The number of hydrogen-bond donors (Lipinski definition) is 6. The number of fused-ring (bicyclic) bond motifs is 2. The van der Waals surface area contributed by atoms with E-state index in [0.29, 0.717) is 11.1 Å². The van der Waals surface area contributed by atoms with Gasteiger partial charge in [0, 0.05) is 36.8 Å². The molecule has 0 aromatic heterocycles. The first-order chi connectivity index (χ1) is 13.3. The summed E-state index contributed by atoms with van der Waals surface area (Å²) in [7, 11) is 0. The first-order valence-electron chi connectivity index (χ1n) is 9.43. The Morgan fingerprint density at radius 3 is 1.21 bits per heavy atom. The maximum Gasteiger partial charge on any atom is 0.119 e. The number of aliphatic hydroxyl groups excluding tert-OH is 4. The molecule has 4 rings (SSSR count). The Morgan fingerprint density at radius 1 is 0.536 bits per heavy atom. The zero-order valence-corrected chi connectivity index (χ0v) is 15.3. The van der Waals surface area contributed by atoms with Crippen molar-refractivity contribution in [2.75, 3.05) is 0 Å². The van der Waals surface area contributed by atoms with Crippen molar-refractivity contribution in [3.8, 4) is 11.5 Å². The molecule has 0 amide bonds. The zero-order chi connectivity index (χ0) is 20.0. The molecule has 4 atom stereocenters. The van der Waals surface area contributed by atoms with Gasteiger partial charge in [-0.2, -0.15) is 0 Å². The first kappa shape index (κ1) is 19.0. The third kappa shape index (κ3) is 3.29. The van der Waals surface area contributed by atoms with E-state index in [2.05, 4.69) is 0 Å². The summed E-state index contributed by atoms with van der Waals surface area (Å²) in [6.07, 6.45) is 1.10. The molecule has 148 valence electrons. The molecule has 6 N–H and O–H groups in total. The van der Waals surface area contributed by atoms with Crippen LogP contribution < -0.4 is 0 Å². The molecule has 0 aliphatic heterocycles. The monoisotopic (exact) mass is 384 g/mol. The molecule has 0 bridgehead atoms. The molecule has 2 aromatic rings. The van der Waals surface area contributed by atoms with Gasteiger partial charge in [0.25, 0.3) is 0 Å². The summed E-state index contributed by atoms with van der Waals surface area (Å²) in [6.45, 7) is 0. The number of aromatic hydroxyl groups is 2. The van der Waals surface area contributed by atoms with Crippen LogP contribution in [0.4, 0.5) is 0 Å². The van der Waals surface area contributed by atoms with Crippen LogP contribution in [0.5, 0.6) is 11.5 Å². The Hall–Kier alpha value is -2.38. The van der Waals surface area contributed by atoms with Crippen LogP contribution in [0.25, 0.3) is 12.2 Å². The van der Waals surface area contributed by atoms with Crippen LogP contribution >= 0.6 is 0 Å². The maximum atomic E-state index is 10.1. The lowest BCUT2D eigenvalue weighted by atomic mass is 9.83. The molecule has 2 aliphatic carbocycles. The van der Waals surface area contributed by atoms with Gasteiger partial charge in [-0.1, -0.05) is 24.3 Å². The third-order valence-corrected chi connectivity index (χ3v) is 5.87. The lowest BCUT2D eigenvalue weighted by Crippen LogP contribution is -2.35. The van der Waals surface area contributed by atoms with Crippen LogP contribution in [-0.2, 0) is 25.7 Å². The van der Waals surface area contributed by atoms with Gasteiger partial charge in [0.05, 0.1) is 24.4 Å². The van der Waals surface area contributed by atoms with Gasteiger partial charge in [0.15, 0.2) is 0 Å². The van der Waals surface area contributed by atoms with Gasteiger partial charge in [-0.25, -0.2) is 0 Å². The lowest BCUT2D eigenvalue weighted by Gasteiger charge is -2.28. The van der Waals surface area contributed by atoms with Gasteiger partial charge in [-0.15, -0.1) is 0 Å². The van der Waals surface area contributed by atoms with Crippen molar-refractivity contribution in [2.24, 2.45) is 0 Å². The van der Waals surface area contributed by atoms with Crippen molar-refractivity contribution in [3.63, 3.8) is 0 Å². The van der Waals surface area contributed by atoms with Crippen molar-refractivity contribution >= 4 is 12.2 Å². The summed E-state index contributed by atoms with van der Waals surface area (Å²) in [5, 5.41) is 60.1. The highest BCUT2D eigenvalue weighted by atomic mass is 16.3. The molecule has 0 saturated heterocycles. The van der Waals surface area contributed by atoms with Gasteiger partial charge in [-0.05, 0) is 34.4 Å². The smallest absolute Gasteiger partial charge is 0.119 e. The molecule has 6 heteroatoms. The number of phenolic OH excluding ortho intramolecular Hbond substituents is 2. The minimum atomic E-state index is -0.894. The summed E-state index contributed by atoms with van der Waals surface area (Å²) >= 11 is 0. The van der Waals surface area contributed by atoms with E-state index < -0.39 is 24.4 Å². The summed E-state index contributed by atoms with van der Waals surface area (Å²) in [4.78, 5) is 0. The molecule has 2 aliphatic rings. The molecule has 0 heterocycles. The summed E-state index contributed by atoms with van der Waals surface area (Å²) in [6, 6.07) is 6.69. The summed E-state index contributed by atoms with van der Waals surface area (Å²) in [5.74, 6) is 0.217. The largest absolute Gasteiger partial charge is 0.508 e. The quantitative estimate of drug-likeness (QED) is 0.428. The molecule has 0 unspecified atom stereocenters. The minimum absolute atomic E-state index is 0.109. The number of hydrogen-bond acceptors (Lipinski definition) is 6. The van der Waals surface area contributed by atoms with E-state index in [1.54, 1.807) is 24.3 Å². The molecule has 28 heavy (non-hydrogen) atoms. The van der Waals surface area contributed by atoms with Crippen LogP contribution in [0.1, 0.15) is 33.4 Å². The lowest BCUT2D eigenvalue weighted by molar-refractivity contribution is 0.0136. The van der Waals surface area contributed by atoms with Gasteiger partial charge < -0.3 is 30.6 Å². The van der Waals surface area contributed by atoms with Crippen molar-refractivity contribution < 1.29 is 30.6 Å². The van der Waals surface area contributed by atoms with Crippen molar-refractivity contribution in [1.29, 1.82) is 0 Å². The Morgan fingerprint density at radius 2 is 0.857 bits per heavy atom. The first-order valence-corrected chi connectivity index (χ1v) is 9.43. The van der Waals surface area contributed by atoms with Gasteiger partial charge in [0.2, 0.25) is 0 Å². The van der Waals surface area contributed by atoms with E-state index in [1.807, 2.05) is 12.2 Å². The Bertz CT molecular complexity index is 860. The summed E-state index contributed by atoms with van der Waals surface area (Å²) in [5.41, 5.74) is 4.56.